The Labute approximate surface area is 116 Å². The van der Waals surface area contributed by atoms with E-state index in [0.29, 0.717) is 24.5 Å². The molecule has 1 fully saturated rings. The smallest absolute Gasteiger partial charge is 0.226 e. The van der Waals surface area contributed by atoms with E-state index < -0.39 is 0 Å². The summed E-state index contributed by atoms with van der Waals surface area (Å²) in [6.45, 7) is 6.81. The molecule has 4 nitrogen and oxygen atoms in total. The quantitative estimate of drug-likeness (QED) is 0.882. The van der Waals surface area contributed by atoms with E-state index in [9.17, 15) is 0 Å². The number of rotatable bonds is 5. The summed E-state index contributed by atoms with van der Waals surface area (Å²) >= 11 is 0. The standard InChI is InChI=1S/C15H25N3O/c1-4-19-14-10-11(2)16-15(18-14)17-12(3)13-8-6-5-7-9-13/h10,12-13H,4-9H2,1-3H3,(H,16,17,18). The Bertz CT molecular complexity index is 402. The molecule has 1 aromatic rings. The fourth-order valence-corrected chi connectivity index (χ4v) is 2.78. The van der Waals surface area contributed by atoms with Crippen LogP contribution in [-0.2, 0) is 0 Å². The number of aryl methyl sites for hydroxylation is 1. The van der Waals surface area contributed by atoms with Crippen molar-refractivity contribution < 1.29 is 4.74 Å². The topological polar surface area (TPSA) is 47.0 Å². The van der Waals surface area contributed by atoms with Crippen molar-refractivity contribution in [3.63, 3.8) is 0 Å². The number of aromatic nitrogens is 2. The summed E-state index contributed by atoms with van der Waals surface area (Å²) in [5, 5.41) is 3.45. The molecule has 1 heterocycles. The van der Waals surface area contributed by atoms with E-state index in [1.54, 1.807) is 0 Å². The van der Waals surface area contributed by atoms with Gasteiger partial charge in [-0.2, -0.15) is 4.98 Å². The molecule has 0 bridgehead atoms. The maximum Gasteiger partial charge on any atom is 0.226 e. The molecule has 0 aliphatic heterocycles. The van der Waals surface area contributed by atoms with Gasteiger partial charge in [0.2, 0.25) is 11.8 Å². The molecule has 1 N–H and O–H groups in total. The van der Waals surface area contributed by atoms with Gasteiger partial charge in [0.15, 0.2) is 0 Å². The van der Waals surface area contributed by atoms with Crippen LogP contribution >= 0.6 is 0 Å². The molecular weight excluding hydrogens is 238 g/mol. The molecule has 1 atom stereocenters. The van der Waals surface area contributed by atoms with Crippen LogP contribution in [0.2, 0.25) is 0 Å². The Morgan fingerprint density at radius 2 is 2.05 bits per heavy atom. The molecule has 1 unspecified atom stereocenters. The fourth-order valence-electron chi connectivity index (χ4n) is 2.78. The van der Waals surface area contributed by atoms with Crippen LogP contribution in [0.15, 0.2) is 6.07 Å². The van der Waals surface area contributed by atoms with Crippen LogP contribution in [0.4, 0.5) is 5.95 Å². The maximum atomic E-state index is 5.46. The van der Waals surface area contributed by atoms with Gasteiger partial charge in [-0.25, -0.2) is 4.98 Å². The average molecular weight is 263 g/mol. The van der Waals surface area contributed by atoms with Crippen molar-refractivity contribution in [3.8, 4) is 5.88 Å². The van der Waals surface area contributed by atoms with Crippen molar-refractivity contribution in [2.45, 2.75) is 58.9 Å². The molecule has 0 aromatic carbocycles. The van der Waals surface area contributed by atoms with Gasteiger partial charge in [-0.05, 0) is 39.5 Å². The Kier molecular flexibility index (Phi) is 5.00. The number of nitrogens with zero attached hydrogens (tertiary/aromatic N) is 2. The van der Waals surface area contributed by atoms with E-state index >= 15 is 0 Å². The van der Waals surface area contributed by atoms with Crippen molar-refractivity contribution in [1.82, 2.24) is 9.97 Å². The van der Waals surface area contributed by atoms with Crippen molar-refractivity contribution in [2.75, 3.05) is 11.9 Å². The summed E-state index contributed by atoms with van der Waals surface area (Å²) in [6, 6.07) is 2.30. The zero-order valence-electron chi connectivity index (χ0n) is 12.3. The van der Waals surface area contributed by atoms with Gasteiger partial charge in [-0.15, -0.1) is 0 Å². The van der Waals surface area contributed by atoms with Gasteiger partial charge >= 0.3 is 0 Å². The Morgan fingerprint density at radius 3 is 2.74 bits per heavy atom. The fraction of sp³-hybridized carbons (Fsp3) is 0.733. The Hall–Kier alpha value is -1.32. The summed E-state index contributed by atoms with van der Waals surface area (Å²) in [5.74, 6) is 2.10. The molecule has 19 heavy (non-hydrogen) atoms. The van der Waals surface area contributed by atoms with Gasteiger partial charge in [0.1, 0.15) is 0 Å². The van der Waals surface area contributed by atoms with E-state index in [-0.39, 0.29) is 0 Å². The van der Waals surface area contributed by atoms with Crippen LogP contribution < -0.4 is 10.1 Å². The van der Waals surface area contributed by atoms with Crippen LogP contribution in [0.3, 0.4) is 0 Å². The van der Waals surface area contributed by atoms with E-state index in [1.165, 1.54) is 32.1 Å². The van der Waals surface area contributed by atoms with Crippen LogP contribution in [0.1, 0.15) is 51.6 Å². The first kappa shape index (κ1) is 14.1. The highest BCUT2D eigenvalue weighted by Gasteiger charge is 2.20. The molecule has 1 saturated carbocycles. The molecular formula is C15H25N3O. The normalized spacial score (nSPS) is 18.1. The number of hydrogen-bond acceptors (Lipinski definition) is 4. The van der Waals surface area contributed by atoms with E-state index in [1.807, 2.05) is 19.9 Å². The molecule has 106 valence electrons. The second-order valence-electron chi connectivity index (χ2n) is 5.44. The van der Waals surface area contributed by atoms with Crippen molar-refractivity contribution >= 4 is 5.95 Å². The molecule has 0 saturated heterocycles. The summed E-state index contributed by atoms with van der Waals surface area (Å²) in [5.41, 5.74) is 0.941. The lowest BCUT2D eigenvalue weighted by molar-refractivity contribution is 0.321. The van der Waals surface area contributed by atoms with Gasteiger partial charge in [-0.1, -0.05) is 19.3 Å². The second kappa shape index (κ2) is 6.73. The van der Waals surface area contributed by atoms with Crippen LogP contribution in [0.5, 0.6) is 5.88 Å². The predicted octanol–water partition coefficient (Wildman–Crippen LogP) is 3.56. The number of ether oxygens (including phenoxy) is 1. The minimum absolute atomic E-state index is 0.427. The molecule has 1 aromatic heterocycles. The van der Waals surface area contributed by atoms with Crippen LogP contribution in [0.25, 0.3) is 0 Å². The SMILES string of the molecule is CCOc1cc(C)nc(NC(C)C2CCCCC2)n1. The zero-order valence-corrected chi connectivity index (χ0v) is 12.3. The minimum Gasteiger partial charge on any atom is -0.478 e. The first-order chi connectivity index (χ1) is 9.19. The van der Waals surface area contributed by atoms with E-state index in [4.69, 9.17) is 4.74 Å². The third-order valence-corrected chi connectivity index (χ3v) is 3.84. The lowest BCUT2D eigenvalue weighted by atomic mass is 9.85. The van der Waals surface area contributed by atoms with Gasteiger partial charge in [0, 0.05) is 17.8 Å². The number of anilines is 1. The van der Waals surface area contributed by atoms with Gasteiger partial charge in [0.05, 0.1) is 6.61 Å². The predicted molar refractivity (Wildman–Crippen MR) is 77.6 cm³/mol. The Balaban J connectivity index is 2.00. The van der Waals surface area contributed by atoms with Crippen molar-refractivity contribution in [3.05, 3.63) is 11.8 Å². The zero-order chi connectivity index (χ0) is 13.7. The molecule has 2 rings (SSSR count). The molecule has 4 heteroatoms. The third kappa shape index (κ3) is 4.08. The van der Waals surface area contributed by atoms with Crippen LogP contribution in [-0.4, -0.2) is 22.6 Å². The highest BCUT2D eigenvalue weighted by Crippen LogP contribution is 2.27. The monoisotopic (exact) mass is 263 g/mol. The van der Waals surface area contributed by atoms with Crippen molar-refractivity contribution in [1.29, 1.82) is 0 Å². The van der Waals surface area contributed by atoms with Crippen molar-refractivity contribution in [2.24, 2.45) is 5.92 Å². The van der Waals surface area contributed by atoms with Gasteiger partial charge < -0.3 is 10.1 Å². The molecule has 1 aliphatic carbocycles. The summed E-state index contributed by atoms with van der Waals surface area (Å²) in [7, 11) is 0. The lowest BCUT2D eigenvalue weighted by Gasteiger charge is -2.28. The summed E-state index contributed by atoms with van der Waals surface area (Å²) in [4.78, 5) is 8.86. The summed E-state index contributed by atoms with van der Waals surface area (Å²) < 4.78 is 5.46. The van der Waals surface area contributed by atoms with E-state index in [2.05, 4.69) is 22.2 Å². The highest BCUT2D eigenvalue weighted by molar-refractivity contribution is 5.31. The van der Waals surface area contributed by atoms with Gasteiger partial charge in [0.25, 0.3) is 0 Å². The van der Waals surface area contributed by atoms with Gasteiger partial charge in [-0.3, -0.25) is 0 Å². The first-order valence-electron chi connectivity index (χ1n) is 7.44. The van der Waals surface area contributed by atoms with E-state index in [0.717, 1.165) is 11.6 Å². The Morgan fingerprint density at radius 1 is 1.32 bits per heavy atom. The first-order valence-corrected chi connectivity index (χ1v) is 7.44. The lowest BCUT2D eigenvalue weighted by Crippen LogP contribution is -2.28. The maximum absolute atomic E-state index is 5.46. The largest absolute Gasteiger partial charge is 0.478 e. The number of hydrogen-bond donors (Lipinski definition) is 1. The highest BCUT2D eigenvalue weighted by atomic mass is 16.5. The number of nitrogens with one attached hydrogen (secondary N) is 1. The minimum atomic E-state index is 0.427. The average Bonchev–Trinajstić information content (AvgIpc) is 2.39. The van der Waals surface area contributed by atoms with Crippen LogP contribution in [0, 0.1) is 12.8 Å². The molecule has 1 aliphatic rings. The molecule has 0 amide bonds. The molecule has 0 spiro atoms. The summed E-state index contributed by atoms with van der Waals surface area (Å²) in [6.07, 6.45) is 6.74. The molecule has 0 radical (unpaired) electrons. The second-order valence-corrected chi connectivity index (χ2v) is 5.44. The third-order valence-electron chi connectivity index (χ3n) is 3.84.